The first-order chi connectivity index (χ1) is 14.0. The molecule has 5 nitrogen and oxygen atoms in total. The highest BCUT2D eigenvalue weighted by atomic mass is 35.5. The molecule has 0 aliphatic heterocycles. The van der Waals surface area contributed by atoms with Crippen LogP contribution in [0.2, 0.25) is 5.02 Å². The highest BCUT2D eigenvalue weighted by molar-refractivity contribution is 6.30. The van der Waals surface area contributed by atoms with Crippen LogP contribution in [0.1, 0.15) is 29.8 Å². The number of halogens is 2. The molecule has 0 saturated carbocycles. The molecular weight excluding hydrogens is 389 g/mol. The third kappa shape index (κ3) is 4.23. The second kappa shape index (κ2) is 8.19. The molecule has 0 saturated heterocycles. The topological polar surface area (TPSA) is 47.7 Å². The van der Waals surface area contributed by atoms with E-state index in [4.69, 9.17) is 11.6 Å². The average Bonchev–Trinajstić information content (AvgIpc) is 3.33. The average molecular weight is 410 g/mol. The molecular formula is C22H21ClFN5. The van der Waals surface area contributed by atoms with Crippen LogP contribution in [-0.4, -0.2) is 19.6 Å². The maximum absolute atomic E-state index is 13.5. The number of benzene rings is 2. The van der Waals surface area contributed by atoms with E-state index in [9.17, 15) is 4.39 Å². The van der Waals surface area contributed by atoms with Gasteiger partial charge < -0.3 is 5.32 Å². The van der Waals surface area contributed by atoms with Crippen LogP contribution < -0.4 is 5.32 Å². The van der Waals surface area contributed by atoms with Crippen molar-refractivity contribution in [3.05, 3.63) is 94.8 Å². The van der Waals surface area contributed by atoms with Crippen LogP contribution in [0.3, 0.4) is 0 Å². The molecule has 0 fully saturated rings. The molecule has 0 aliphatic carbocycles. The first-order valence-electron chi connectivity index (χ1n) is 9.34. The van der Waals surface area contributed by atoms with Crippen LogP contribution in [0.15, 0.2) is 67.1 Å². The molecule has 2 heterocycles. The molecule has 2 aromatic carbocycles. The first kappa shape index (κ1) is 19.4. The molecule has 0 bridgehead atoms. The Balaban J connectivity index is 1.44. The minimum Gasteiger partial charge on any atom is -0.306 e. The largest absolute Gasteiger partial charge is 0.306 e. The van der Waals surface area contributed by atoms with E-state index in [1.54, 1.807) is 10.7 Å². The molecule has 2 aromatic heterocycles. The van der Waals surface area contributed by atoms with Gasteiger partial charge in [-0.2, -0.15) is 10.2 Å². The Hall–Kier alpha value is -2.96. The van der Waals surface area contributed by atoms with E-state index in [0.29, 0.717) is 17.3 Å². The van der Waals surface area contributed by atoms with Crippen molar-refractivity contribution < 1.29 is 4.39 Å². The van der Waals surface area contributed by atoms with Crippen LogP contribution in [0.25, 0.3) is 11.4 Å². The number of aromatic nitrogens is 4. The zero-order valence-electron chi connectivity index (χ0n) is 16.2. The van der Waals surface area contributed by atoms with E-state index in [-0.39, 0.29) is 11.9 Å². The van der Waals surface area contributed by atoms with Gasteiger partial charge in [-0.05, 0) is 56.3 Å². The van der Waals surface area contributed by atoms with E-state index in [1.807, 2.05) is 60.5 Å². The Morgan fingerprint density at radius 2 is 1.86 bits per heavy atom. The Morgan fingerprint density at radius 3 is 2.62 bits per heavy atom. The van der Waals surface area contributed by atoms with Gasteiger partial charge in [0.15, 0.2) is 0 Å². The molecule has 4 aromatic rings. The number of hydrogen-bond acceptors (Lipinski definition) is 3. The number of hydrogen-bond donors (Lipinski definition) is 1. The number of rotatable bonds is 6. The monoisotopic (exact) mass is 409 g/mol. The van der Waals surface area contributed by atoms with E-state index in [0.717, 1.165) is 22.5 Å². The summed E-state index contributed by atoms with van der Waals surface area (Å²) in [6, 6.07) is 14.1. The fraction of sp³-hybridized carbons (Fsp3) is 0.182. The van der Waals surface area contributed by atoms with Gasteiger partial charge in [-0.3, -0.25) is 0 Å². The van der Waals surface area contributed by atoms with Crippen molar-refractivity contribution in [1.82, 2.24) is 24.9 Å². The third-order valence-corrected chi connectivity index (χ3v) is 5.16. The summed E-state index contributed by atoms with van der Waals surface area (Å²) in [6.07, 6.45) is 5.67. The summed E-state index contributed by atoms with van der Waals surface area (Å²) in [5.41, 5.74) is 4.79. The summed E-state index contributed by atoms with van der Waals surface area (Å²) in [5, 5.41) is 13.1. The molecule has 0 amide bonds. The van der Waals surface area contributed by atoms with Gasteiger partial charge in [-0.25, -0.2) is 13.8 Å². The molecule has 4 rings (SSSR count). The van der Waals surface area contributed by atoms with E-state index < -0.39 is 0 Å². The predicted octanol–water partition coefficient (Wildman–Crippen LogP) is 5.01. The van der Waals surface area contributed by atoms with Crippen molar-refractivity contribution in [3.63, 3.8) is 0 Å². The van der Waals surface area contributed by atoms with Gasteiger partial charge in [0.1, 0.15) is 5.82 Å². The first-order valence-corrected chi connectivity index (χ1v) is 9.72. The summed E-state index contributed by atoms with van der Waals surface area (Å²) in [4.78, 5) is 0. The van der Waals surface area contributed by atoms with Gasteiger partial charge in [0.25, 0.3) is 0 Å². The fourth-order valence-corrected chi connectivity index (χ4v) is 3.41. The molecule has 7 heteroatoms. The highest BCUT2D eigenvalue weighted by Crippen LogP contribution is 2.21. The van der Waals surface area contributed by atoms with Gasteiger partial charge in [0.05, 0.1) is 23.8 Å². The molecule has 0 unspecified atom stereocenters. The predicted molar refractivity (Wildman–Crippen MR) is 112 cm³/mol. The Labute approximate surface area is 173 Å². The van der Waals surface area contributed by atoms with Gasteiger partial charge >= 0.3 is 0 Å². The molecule has 29 heavy (non-hydrogen) atoms. The summed E-state index contributed by atoms with van der Waals surface area (Å²) in [5.74, 6) is -0.275. The van der Waals surface area contributed by atoms with Crippen LogP contribution >= 0.6 is 11.6 Å². The third-order valence-electron chi connectivity index (χ3n) is 4.91. The van der Waals surface area contributed by atoms with Crippen molar-refractivity contribution in [2.24, 2.45) is 0 Å². The quantitative estimate of drug-likeness (QED) is 0.487. The SMILES string of the molecule is Cc1c([C@@H](C)NCc2cnn(-c3ccc(Cl)cc3)c2)cnn1-c1cccc(F)c1. The molecule has 0 radical (unpaired) electrons. The van der Waals surface area contributed by atoms with Crippen LogP contribution in [0.5, 0.6) is 0 Å². The normalized spacial score (nSPS) is 12.3. The minimum absolute atomic E-state index is 0.0798. The maximum Gasteiger partial charge on any atom is 0.125 e. The Kier molecular flexibility index (Phi) is 5.47. The second-order valence-corrected chi connectivity index (χ2v) is 7.39. The highest BCUT2D eigenvalue weighted by Gasteiger charge is 2.14. The minimum atomic E-state index is -0.275. The summed E-state index contributed by atoms with van der Waals surface area (Å²) in [7, 11) is 0. The second-order valence-electron chi connectivity index (χ2n) is 6.95. The van der Waals surface area contributed by atoms with E-state index in [1.165, 1.54) is 12.1 Å². The Morgan fingerprint density at radius 1 is 1.07 bits per heavy atom. The van der Waals surface area contributed by atoms with Crippen molar-refractivity contribution >= 4 is 11.6 Å². The standard InChI is InChI=1S/C22H21ClFN5/c1-15(22-13-27-29(16(22)2)21-5-3-4-19(24)10-21)25-11-17-12-26-28(14-17)20-8-6-18(23)7-9-20/h3-10,12-15,25H,11H2,1-2H3/t15-/m1/s1. The molecule has 1 N–H and O–H groups in total. The molecule has 0 aliphatic rings. The van der Waals surface area contributed by atoms with E-state index in [2.05, 4.69) is 22.4 Å². The van der Waals surface area contributed by atoms with Crippen molar-refractivity contribution in [3.8, 4) is 11.4 Å². The lowest BCUT2D eigenvalue weighted by Gasteiger charge is -2.13. The maximum atomic E-state index is 13.5. The lowest BCUT2D eigenvalue weighted by molar-refractivity contribution is 0.571. The molecule has 1 atom stereocenters. The Bertz CT molecular complexity index is 1120. The van der Waals surface area contributed by atoms with Gasteiger partial charge in [0, 0.05) is 40.6 Å². The number of nitrogens with one attached hydrogen (secondary N) is 1. The van der Waals surface area contributed by atoms with Crippen LogP contribution in [0, 0.1) is 12.7 Å². The van der Waals surface area contributed by atoms with Crippen LogP contribution in [-0.2, 0) is 6.54 Å². The van der Waals surface area contributed by atoms with Gasteiger partial charge in [-0.15, -0.1) is 0 Å². The zero-order chi connectivity index (χ0) is 20.4. The summed E-state index contributed by atoms with van der Waals surface area (Å²) < 4.78 is 17.1. The molecule has 0 spiro atoms. The number of nitrogens with zero attached hydrogens (tertiary/aromatic N) is 4. The van der Waals surface area contributed by atoms with Crippen molar-refractivity contribution in [2.75, 3.05) is 0 Å². The summed E-state index contributed by atoms with van der Waals surface area (Å²) >= 11 is 5.94. The summed E-state index contributed by atoms with van der Waals surface area (Å²) in [6.45, 7) is 4.74. The van der Waals surface area contributed by atoms with Crippen molar-refractivity contribution in [2.45, 2.75) is 26.4 Å². The van der Waals surface area contributed by atoms with Gasteiger partial charge in [0.2, 0.25) is 0 Å². The van der Waals surface area contributed by atoms with Gasteiger partial charge in [-0.1, -0.05) is 17.7 Å². The fourth-order valence-electron chi connectivity index (χ4n) is 3.28. The zero-order valence-corrected chi connectivity index (χ0v) is 16.9. The van der Waals surface area contributed by atoms with Crippen LogP contribution in [0.4, 0.5) is 4.39 Å². The lowest BCUT2D eigenvalue weighted by Crippen LogP contribution is -2.18. The smallest absolute Gasteiger partial charge is 0.125 e. The lowest BCUT2D eigenvalue weighted by atomic mass is 10.1. The van der Waals surface area contributed by atoms with E-state index >= 15 is 0 Å². The molecule has 148 valence electrons. The van der Waals surface area contributed by atoms with Crippen molar-refractivity contribution in [1.29, 1.82) is 0 Å².